The number of rotatable bonds is 3. The first-order chi connectivity index (χ1) is 8.38. The van der Waals surface area contributed by atoms with Gasteiger partial charge in [-0.25, -0.2) is 0 Å². The van der Waals surface area contributed by atoms with Crippen molar-refractivity contribution in [1.29, 1.82) is 0 Å². The Balaban J connectivity index is 1.85. The van der Waals surface area contributed by atoms with Crippen molar-refractivity contribution < 1.29 is 4.74 Å². The van der Waals surface area contributed by atoms with Gasteiger partial charge in [0.15, 0.2) is 0 Å². The molecular formula is C12H15N3OS. The van der Waals surface area contributed by atoms with Gasteiger partial charge in [-0.15, -0.1) is 0 Å². The van der Waals surface area contributed by atoms with Crippen molar-refractivity contribution in [3.05, 3.63) is 24.3 Å². The molecule has 17 heavy (non-hydrogen) atoms. The average Bonchev–Trinajstić information content (AvgIpc) is 2.97. The molecule has 5 heteroatoms. The molecule has 3 rings (SSSR count). The largest absolute Gasteiger partial charge is 0.378 e. The molecular weight excluding hydrogens is 234 g/mol. The number of aromatic nitrogens is 1. The van der Waals surface area contributed by atoms with E-state index < -0.39 is 0 Å². The lowest BCUT2D eigenvalue weighted by Crippen LogP contribution is -2.33. The first kappa shape index (κ1) is 11.0. The second-order valence-electron chi connectivity index (χ2n) is 4.21. The molecule has 1 aromatic heterocycles. The van der Waals surface area contributed by atoms with Crippen LogP contribution in [0, 0.1) is 0 Å². The lowest BCUT2D eigenvalue weighted by Gasteiger charge is -2.18. The predicted molar refractivity (Wildman–Crippen MR) is 70.7 cm³/mol. The predicted octanol–water partition coefficient (Wildman–Crippen LogP) is 1.69. The van der Waals surface area contributed by atoms with Crippen molar-refractivity contribution in [3.63, 3.8) is 0 Å². The third-order valence-corrected chi connectivity index (χ3v) is 3.97. The van der Waals surface area contributed by atoms with Crippen LogP contribution in [0.5, 0.6) is 0 Å². The molecule has 2 aromatic rings. The van der Waals surface area contributed by atoms with Crippen molar-refractivity contribution in [2.24, 2.45) is 0 Å². The van der Waals surface area contributed by atoms with Crippen molar-refractivity contribution >= 4 is 27.4 Å². The molecule has 1 fully saturated rings. The number of ether oxygens (including phenoxy) is 1. The lowest BCUT2D eigenvalue weighted by atomic mass is 10.2. The minimum atomic E-state index is 0.232. The topological polar surface area (TPSA) is 46.2 Å². The summed E-state index contributed by atoms with van der Waals surface area (Å²) in [6, 6.07) is 8.52. The van der Waals surface area contributed by atoms with Gasteiger partial charge in [0.1, 0.15) is 5.00 Å². The van der Waals surface area contributed by atoms with Gasteiger partial charge in [0.2, 0.25) is 0 Å². The van der Waals surface area contributed by atoms with Gasteiger partial charge in [-0.1, -0.05) is 12.1 Å². The van der Waals surface area contributed by atoms with Gasteiger partial charge in [-0.2, -0.15) is 4.37 Å². The monoisotopic (exact) mass is 249 g/mol. The highest BCUT2D eigenvalue weighted by Crippen LogP contribution is 2.28. The molecule has 0 saturated carbocycles. The molecule has 1 aromatic carbocycles. The highest BCUT2D eigenvalue weighted by atomic mass is 32.1. The third kappa shape index (κ3) is 2.01. The number of nitrogens with one attached hydrogen (secondary N) is 2. The highest BCUT2D eigenvalue weighted by molar-refractivity contribution is 7.11. The standard InChI is InChI=1S/C12H15N3OS/c1-16-11-7-13-6-10(11)14-12-8-4-2-3-5-9(8)15-17-12/h2-5,10-11,13-14H,6-7H2,1H3/t10?,11-/m0/s1. The second-order valence-corrected chi connectivity index (χ2v) is 4.99. The van der Waals surface area contributed by atoms with Crippen LogP contribution in [0.1, 0.15) is 0 Å². The smallest absolute Gasteiger partial charge is 0.117 e. The summed E-state index contributed by atoms with van der Waals surface area (Å²) >= 11 is 1.52. The van der Waals surface area contributed by atoms with Crippen LogP contribution >= 0.6 is 11.5 Å². The van der Waals surface area contributed by atoms with E-state index in [1.54, 1.807) is 7.11 Å². The SMILES string of the molecule is CO[C@H]1CNCC1Nc1snc2ccccc12. The molecule has 0 aliphatic carbocycles. The van der Waals surface area contributed by atoms with E-state index >= 15 is 0 Å². The Morgan fingerprint density at radius 1 is 1.41 bits per heavy atom. The van der Waals surface area contributed by atoms with E-state index in [2.05, 4.69) is 21.1 Å². The van der Waals surface area contributed by atoms with Crippen LogP contribution in [-0.4, -0.2) is 36.7 Å². The van der Waals surface area contributed by atoms with Crippen LogP contribution in [0.25, 0.3) is 10.9 Å². The number of benzene rings is 1. The van der Waals surface area contributed by atoms with E-state index in [9.17, 15) is 0 Å². The van der Waals surface area contributed by atoms with Crippen LogP contribution < -0.4 is 10.6 Å². The average molecular weight is 249 g/mol. The number of methoxy groups -OCH3 is 1. The zero-order valence-electron chi connectivity index (χ0n) is 9.64. The van der Waals surface area contributed by atoms with Gasteiger partial charge in [0, 0.05) is 25.6 Å². The Morgan fingerprint density at radius 3 is 3.18 bits per heavy atom. The van der Waals surface area contributed by atoms with Crippen LogP contribution in [-0.2, 0) is 4.74 Å². The first-order valence-electron chi connectivity index (χ1n) is 5.73. The Hall–Kier alpha value is -1.17. The fourth-order valence-electron chi connectivity index (χ4n) is 2.21. The molecule has 1 unspecified atom stereocenters. The maximum atomic E-state index is 5.44. The minimum absolute atomic E-state index is 0.232. The van der Waals surface area contributed by atoms with E-state index in [1.165, 1.54) is 16.9 Å². The van der Waals surface area contributed by atoms with E-state index in [4.69, 9.17) is 4.74 Å². The summed E-state index contributed by atoms with van der Waals surface area (Å²) in [5.41, 5.74) is 1.06. The van der Waals surface area contributed by atoms with Crippen LogP contribution in [0.3, 0.4) is 0 Å². The maximum absolute atomic E-state index is 5.44. The number of hydrogen-bond acceptors (Lipinski definition) is 5. The zero-order chi connectivity index (χ0) is 11.7. The van der Waals surface area contributed by atoms with E-state index in [0.717, 1.165) is 23.6 Å². The fraction of sp³-hybridized carbons (Fsp3) is 0.417. The second kappa shape index (κ2) is 4.60. The molecule has 0 amide bonds. The Bertz CT molecular complexity index is 513. The van der Waals surface area contributed by atoms with Gasteiger partial charge in [-0.05, 0) is 23.7 Å². The van der Waals surface area contributed by atoms with Crippen LogP contribution in [0.2, 0.25) is 0 Å². The molecule has 1 aliphatic heterocycles. The molecule has 0 radical (unpaired) electrons. The normalized spacial score (nSPS) is 24.3. The Kier molecular flexibility index (Phi) is 2.96. The summed E-state index contributed by atoms with van der Waals surface area (Å²) in [6.07, 6.45) is 0.232. The summed E-state index contributed by atoms with van der Waals surface area (Å²) in [6.45, 7) is 1.84. The zero-order valence-corrected chi connectivity index (χ0v) is 10.5. The summed E-state index contributed by atoms with van der Waals surface area (Å²) in [5.74, 6) is 0. The maximum Gasteiger partial charge on any atom is 0.117 e. The summed E-state index contributed by atoms with van der Waals surface area (Å²) in [4.78, 5) is 0. The summed E-state index contributed by atoms with van der Waals surface area (Å²) < 4.78 is 9.87. The molecule has 2 N–H and O–H groups in total. The Morgan fingerprint density at radius 2 is 2.29 bits per heavy atom. The number of anilines is 1. The third-order valence-electron chi connectivity index (χ3n) is 3.16. The molecule has 1 aliphatic rings. The van der Waals surface area contributed by atoms with E-state index in [-0.39, 0.29) is 6.10 Å². The van der Waals surface area contributed by atoms with E-state index in [1.807, 2.05) is 18.2 Å². The molecule has 0 spiro atoms. The molecule has 1 saturated heterocycles. The van der Waals surface area contributed by atoms with Gasteiger partial charge < -0.3 is 15.4 Å². The van der Waals surface area contributed by atoms with Crippen molar-refractivity contribution in [2.45, 2.75) is 12.1 Å². The quantitative estimate of drug-likeness (QED) is 0.869. The fourth-order valence-corrected chi connectivity index (χ4v) is 3.03. The van der Waals surface area contributed by atoms with Gasteiger partial charge >= 0.3 is 0 Å². The molecule has 2 heterocycles. The van der Waals surface area contributed by atoms with Crippen molar-refractivity contribution in [1.82, 2.24) is 9.69 Å². The summed E-state index contributed by atoms with van der Waals surface area (Å²) in [5, 5.41) is 9.19. The van der Waals surface area contributed by atoms with Crippen molar-refractivity contribution in [2.75, 3.05) is 25.5 Å². The van der Waals surface area contributed by atoms with E-state index in [0.29, 0.717) is 6.04 Å². The molecule has 0 bridgehead atoms. The lowest BCUT2D eigenvalue weighted by molar-refractivity contribution is 0.112. The van der Waals surface area contributed by atoms with Crippen LogP contribution in [0.15, 0.2) is 24.3 Å². The van der Waals surface area contributed by atoms with Gasteiger partial charge in [0.25, 0.3) is 0 Å². The molecule has 90 valence electrons. The van der Waals surface area contributed by atoms with Crippen LogP contribution in [0.4, 0.5) is 5.00 Å². The Labute approximate surface area is 104 Å². The number of hydrogen-bond donors (Lipinski definition) is 2. The van der Waals surface area contributed by atoms with Gasteiger partial charge in [0.05, 0.1) is 17.7 Å². The molecule has 4 nitrogen and oxygen atoms in total. The minimum Gasteiger partial charge on any atom is -0.378 e. The molecule has 2 atom stereocenters. The summed E-state index contributed by atoms with van der Waals surface area (Å²) in [7, 11) is 1.76. The first-order valence-corrected chi connectivity index (χ1v) is 6.50. The number of nitrogens with zero attached hydrogens (tertiary/aromatic N) is 1. The van der Waals surface area contributed by atoms with Gasteiger partial charge in [-0.3, -0.25) is 0 Å². The number of fused-ring (bicyclic) bond motifs is 1. The highest BCUT2D eigenvalue weighted by Gasteiger charge is 2.27. The van der Waals surface area contributed by atoms with Crippen molar-refractivity contribution in [3.8, 4) is 0 Å².